The van der Waals surface area contributed by atoms with Gasteiger partial charge in [0.15, 0.2) is 17.4 Å². The van der Waals surface area contributed by atoms with Crippen LogP contribution in [0.2, 0.25) is 0 Å². The fourth-order valence-electron chi connectivity index (χ4n) is 2.24. The molecule has 3 rings (SSSR count). The highest BCUT2D eigenvalue weighted by Gasteiger charge is 2.19. The first-order chi connectivity index (χ1) is 12.9. The number of amides is 1. The van der Waals surface area contributed by atoms with E-state index in [-0.39, 0.29) is 6.61 Å². The quantitative estimate of drug-likeness (QED) is 0.430. The van der Waals surface area contributed by atoms with Gasteiger partial charge in [-0.3, -0.25) is 4.79 Å². The van der Waals surface area contributed by atoms with Crippen LogP contribution in [0.4, 0.5) is 5.69 Å². The van der Waals surface area contributed by atoms with Crippen LogP contribution in [-0.2, 0) is 9.53 Å². The van der Waals surface area contributed by atoms with Gasteiger partial charge < -0.3 is 10.1 Å². The average molecular weight is 494 g/mol. The van der Waals surface area contributed by atoms with Crippen LogP contribution in [0.3, 0.4) is 0 Å². The number of nitrogens with one attached hydrogen (secondary N) is 1. The molecule has 0 aliphatic rings. The molecule has 7 nitrogen and oxygen atoms in total. The molecule has 27 heavy (non-hydrogen) atoms. The molecule has 1 N–H and O–H groups in total. The molecule has 2 heterocycles. The molecule has 2 aromatic heterocycles. The number of ether oxygens (including phenoxy) is 1. The molecule has 9 heteroatoms. The summed E-state index contributed by atoms with van der Waals surface area (Å²) in [5, 5.41) is 3.27. The van der Waals surface area contributed by atoms with E-state index in [9.17, 15) is 9.59 Å². The molecule has 0 saturated heterocycles. The van der Waals surface area contributed by atoms with Crippen molar-refractivity contribution in [2.45, 2.75) is 13.8 Å². The van der Waals surface area contributed by atoms with Crippen LogP contribution in [-0.4, -0.2) is 33.4 Å². The molecule has 138 valence electrons. The maximum atomic E-state index is 12.3. The van der Waals surface area contributed by atoms with Crippen molar-refractivity contribution in [2.24, 2.45) is 0 Å². The topological polar surface area (TPSA) is 94.1 Å². The predicted octanol–water partition coefficient (Wildman–Crippen LogP) is 3.62. The van der Waals surface area contributed by atoms with E-state index < -0.39 is 11.9 Å². The number of hydrogen-bond donors (Lipinski definition) is 1. The number of carbonyl (C=O) groups excluding carboxylic acids is 2. The van der Waals surface area contributed by atoms with E-state index in [4.69, 9.17) is 4.74 Å². The standard InChI is InChI=1S/C18H15IN4O3S/c1-10-8-12(19)4-5-13(10)23-14(24)9-26-18(25)15-11(2)22-17(27-15)16-20-6-3-7-21-16/h3-8H,9H2,1-2H3,(H,23,24). The van der Waals surface area contributed by atoms with Gasteiger partial charge >= 0.3 is 5.97 Å². The van der Waals surface area contributed by atoms with Gasteiger partial charge in [-0.05, 0) is 66.3 Å². The number of hydrogen-bond acceptors (Lipinski definition) is 7. The van der Waals surface area contributed by atoms with Crippen LogP contribution in [0.1, 0.15) is 20.9 Å². The molecule has 0 aliphatic carbocycles. The molecular weight excluding hydrogens is 479 g/mol. The minimum atomic E-state index is -0.596. The molecular formula is C18H15IN4O3S. The van der Waals surface area contributed by atoms with E-state index in [0.29, 0.717) is 27.1 Å². The number of aromatic nitrogens is 3. The van der Waals surface area contributed by atoms with Gasteiger partial charge in [0.1, 0.15) is 4.88 Å². The second kappa shape index (κ2) is 8.53. The number of carbonyl (C=O) groups is 2. The molecule has 1 aromatic carbocycles. The normalized spacial score (nSPS) is 10.5. The molecule has 0 saturated carbocycles. The highest BCUT2D eigenvalue weighted by molar-refractivity contribution is 14.1. The van der Waals surface area contributed by atoms with Gasteiger partial charge in [-0.15, -0.1) is 11.3 Å². The van der Waals surface area contributed by atoms with E-state index in [1.165, 1.54) is 0 Å². The van der Waals surface area contributed by atoms with E-state index in [1.807, 2.05) is 25.1 Å². The first kappa shape index (κ1) is 19.4. The summed E-state index contributed by atoms with van der Waals surface area (Å²) in [5.74, 6) is -0.556. The Morgan fingerprint density at radius 2 is 1.96 bits per heavy atom. The van der Waals surface area contributed by atoms with Crippen molar-refractivity contribution >= 4 is 51.5 Å². The van der Waals surface area contributed by atoms with Gasteiger partial charge in [0.25, 0.3) is 5.91 Å². The van der Waals surface area contributed by atoms with Gasteiger partial charge in [0.2, 0.25) is 0 Å². The van der Waals surface area contributed by atoms with Crippen LogP contribution in [0.15, 0.2) is 36.7 Å². The SMILES string of the molecule is Cc1cc(I)ccc1NC(=O)COC(=O)c1sc(-c2ncccn2)nc1C. The number of benzene rings is 1. The molecule has 0 fully saturated rings. The second-order valence-electron chi connectivity index (χ2n) is 5.59. The molecule has 3 aromatic rings. The first-order valence-corrected chi connectivity index (χ1v) is 9.81. The lowest BCUT2D eigenvalue weighted by Crippen LogP contribution is -2.21. The molecule has 0 aliphatic heterocycles. The van der Waals surface area contributed by atoms with Crippen molar-refractivity contribution in [3.05, 3.63) is 56.4 Å². The zero-order chi connectivity index (χ0) is 19.4. The van der Waals surface area contributed by atoms with Crippen molar-refractivity contribution in [1.29, 1.82) is 0 Å². The van der Waals surface area contributed by atoms with Gasteiger partial charge in [0, 0.05) is 21.7 Å². The maximum Gasteiger partial charge on any atom is 0.350 e. The fraction of sp³-hybridized carbons (Fsp3) is 0.167. The van der Waals surface area contributed by atoms with Crippen LogP contribution in [0.25, 0.3) is 10.8 Å². The number of nitrogens with zero attached hydrogens (tertiary/aromatic N) is 3. The van der Waals surface area contributed by atoms with Gasteiger partial charge in [-0.2, -0.15) is 0 Å². The Labute approximate surface area is 173 Å². The third kappa shape index (κ3) is 4.86. The maximum absolute atomic E-state index is 12.3. The van der Waals surface area contributed by atoms with Gasteiger partial charge in [-0.1, -0.05) is 0 Å². The summed E-state index contributed by atoms with van der Waals surface area (Å²) < 4.78 is 6.21. The van der Waals surface area contributed by atoms with Crippen LogP contribution in [0.5, 0.6) is 0 Å². The number of thiazole rings is 1. The average Bonchev–Trinajstić information content (AvgIpc) is 3.05. The van der Waals surface area contributed by atoms with Crippen molar-refractivity contribution < 1.29 is 14.3 Å². The summed E-state index contributed by atoms with van der Waals surface area (Å²) in [6, 6.07) is 7.36. The Balaban J connectivity index is 1.62. The summed E-state index contributed by atoms with van der Waals surface area (Å²) >= 11 is 3.34. The van der Waals surface area contributed by atoms with Gasteiger partial charge in [-0.25, -0.2) is 19.7 Å². The largest absolute Gasteiger partial charge is 0.451 e. The summed E-state index contributed by atoms with van der Waals surface area (Å²) in [5.41, 5.74) is 2.14. The third-order valence-electron chi connectivity index (χ3n) is 3.54. The number of esters is 1. The van der Waals surface area contributed by atoms with Gasteiger partial charge in [0.05, 0.1) is 5.69 Å². The minimum Gasteiger partial charge on any atom is -0.451 e. The highest BCUT2D eigenvalue weighted by Crippen LogP contribution is 2.25. The molecule has 0 bridgehead atoms. The summed E-state index contributed by atoms with van der Waals surface area (Å²) in [7, 11) is 0. The van der Waals surface area contributed by atoms with Crippen LogP contribution >= 0.6 is 33.9 Å². The number of aryl methyl sites for hydroxylation is 2. The Bertz CT molecular complexity index is 992. The highest BCUT2D eigenvalue weighted by atomic mass is 127. The van der Waals surface area contributed by atoms with E-state index in [0.717, 1.165) is 20.5 Å². The Kier molecular flexibility index (Phi) is 6.11. The lowest BCUT2D eigenvalue weighted by molar-refractivity contribution is -0.119. The fourth-order valence-corrected chi connectivity index (χ4v) is 3.80. The Morgan fingerprint density at radius 3 is 2.67 bits per heavy atom. The minimum absolute atomic E-state index is 0.329. The lowest BCUT2D eigenvalue weighted by Gasteiger charge is -2.09. The number of anilines is 1. The molecule has 1 amide bonds. The Hall–Kier alpha value is -2.40. The summed E-state index contributed by atoms with van der Waals surface area (Å²) in [6.07, 6.45) is 3.21. The zero-order valence-corrected chi connectivity index (χ0v) is 17.5. The molecule has 0 radical (unpaired) electrons. The van der Waals surface area contributed by atoms with Crippen molar-refractivity contribution in [3.63, 3.8) is 0 Å². The zero-order valence-electron chi connectivity index (χ0n) is 14.5. The summed E-state index contributed by atoms with van der Waals surface area (Å²) in [6.45, 7) is 3.23. The smallest absolute Gasteiger partial charge is 0.350 e. The second-order valence-corrected chi connectivity index (χ2v) is 7.83. The Morgan fingerprint density at radius 1 is 1.22 bits per heavy atom. The third-order valence-corrected chi connectivity index (χ3v) is 5.34. The lowest BCUT2D eigenvalue weighted by atomic mass is 10.2. The van der Waals surface area contributed by atoms with E-state index >= 15 is 0 Å². The van der Waals surface area contributed by atoms with Crippen LogP contribution < -0.4 is 5.32 Å². The monoisotopic (exact) mass is 494 g/mol. The molecule has 0 unspecified atom stereocenters. The van der Waals surface area contributed by atoms with Crippen LogP contribution in [0, 0.1) is 17.4 Å². The predicted molar refractivity (Wildman–Crippen MR) is 111 cm³/mol. The molecule has 0 atom stereocenters. The van der Waals surface area contributed by atoms with E-state index in [1.54, 1.807) is 25.4 Å². The number of halogens is 1. The van der Waals surface area contributed by atoms with Crippen molar-refractivity contribution in [3.8, 4) is 10.8 Å². The molecule has 0 spiro atoms. The number of rotatable bonds is 5. The van der Waals surface area contributed by atoms with Crippen molar-refractivity contribution in [2.75, 3.05) is 11.9 Å². The summed E-state index contributed by atoms with van der Waals surface area (Å²) in [4.78, 5) is 37.3. The van der Waals surface area contributed by atoms with E-state index in [2.05, 4.69) is 42.9 Å². The first-order valence-electron chi connectivity index (χ1n) is 7.92. The van der Waals surface area contributed by atoms with Crippen molar-refractivity contribution in [1.82, 2.24) is 15.0 Å².